The summed E-state index contributed by atoms with van der Waals surface area (Å²) in [5.41, 5.74) is 0.415. The van der Waals surface area contributed by atoms with E-state index in [1.54, 1.807) is 0 Å². The Morgan fingerprint density at radius 1 is 1.33 bits per heavy atom. The lowest BCUT2D eigenvalue weighted by Crippen LogP contribution is -2.12. The Morgan fingerprint density at radius 2 is 2.00 bits per heavy atom. The Bertz CT molecular complexity index is 212. The van der Waals surface area contributed by atoms with Crippen molar-refractivity contribution in [1.82, 2.24) is 0 Å². The van der Waals surface area contributed by atoms with Gasteiger partial charge in [0.05, 0.1) is 0 Å². The molecule has 0 radical (unpaired) electrons. The maximum Gasteiger partial charge on any atom is 0.133 e. The molecular weight excluding hydrogens is 184 g/mol. The fourth-order valence-corrected chi connectivity index (χ4v) is 2.46. The van der Waals surface area contributed by atoms with Gasteiger partial charge in [0, 0.05) is 12.8 Å². The minimum Gasteiger partial charge on any atom is -0.300 e. The predicted octanol–water partition coefficient (Wildman–Crippen LogP) is 4.21. The van der Waals surface area contributed by atoms with E-state index < -0.39 is 0 Å². The normalized spacial score (nSPS) is 28.9. The molecule has 1 saturated carbocycles. The van der Waals surface area contributed by atoms with Gasteiger partial charge in [-0.3, -0.25) is 4.79 Å². The van der Waals surface area contributed by atoms with Gasteiger partial charge in [-0.05, 0) is 42.9 Å². The maximum absolute atomic E-state index is 11.6. The Morgan fingerprint density at radius 3 is 2.60 bits per heavy atom. The Labute approximate surface area is 94.6 Å². The number of carbonyl (C=O) groups is 1. The van der Waals surface area contributed by atoms with Crippen molar-refractivity contribution in [2.24, 2.45) is 17.3 Å². The third kappa shape index (κ3) is 5.34. The first kappa shape index (κ1) is 12.7. The van der Waals surface area contributed by atoms with Gasteiger partial charge in [0.15, 0.2) is 0 Å². The molecule has 1 nitrogen and oxygen atoms in total. The highest BCUT2D eigenvalue weighted by molar-refractivity contribution is 5.78. The molecule has 1 aliphatic carbocycles. The lowest BCUT2D eigenvalue weighted by Gasteiger charge is -2.23. The van der Waals surface area contributed by atoms with E-state index in [0.29, 0.717) is 17.1 Å². The standard InChI is InChI=1S/C14H26O/c1-11-5-6-13(15)10-12(9-11)7-8-14(2,3)4/h11-12H,5-10H2,1-4H3. The van der Waals surface area contributed by atoms with Crippen LogP contribution < -0.4 is 0 Å². The Kier molecular flexibility index (Phi) is 4.36. The smallest absolute Gasteiger partial charge is 0.133 e. The van der Waals surface area contributed by atoms with E-state index in [9.17, 15) is 4.79 Å². The minimum absolute atomic E-state index is 0.415. The van der Waals surface area contributed by atoms with Crippen LogP contribution in [0.2, 0.25) is 0 Å². The number of hydrogen-bond acceptors (Lipinski definition) is 1. The first-order chi connectivity index (χ1) is 6.87. The number of ketones is 1. The summed E-state index contributed by atoms with van der Waals surface area (Å²) in [7, 11) is 0. The van der Waals surface area contributed by atoms with Gasteiger partial charge in [0.1, 0.15) is 5.78 Å². The van der Waals surface area contributed by atoms with Crippen LogP contribution in [0.15, 0.2) is 0 Å². The zero-order valence-corrected chi connectivity index (χ0v) is 10.8. The van der Waals surface area contributed by atoms with Crippen molar-refractivity contribution < 1.29 is 4.79 Å². The molecule has 2 unspecified atom stereocenters. The number of rotatable bonds is 2. The van der Waals surface area contributed by atoms with Crippen LogP contribution in [0.3, 0.4) is 0 Å². The van der Waals surface area contributed by atoms with Crippen molar-refractivity contribution >= 4 is 5.78 Å². The molecule has 0 amide bonds. The summed E-state index contributed by atoms with van der Waals surface area (Å²) in [5.74, 6) is 1.91. The van der Waals surface area contributed by atoms with Crippen LogP contribution in [0, 0.1) is 17.3 Å². The second kappa shape index (κ2) is 5.14. The molecule has 0 aromatic carbocycles. The predicted molar refractivity (Wildman–Crippen MR) is 64.8 cm³/mol. The summed E-state index contributed by atoms with van der Waals surface area (Å²) < 4.78 is 0. The molecule has 0 spiro atoms. The molecule has 0 aromatic rings. The van der Waals surface area contributed by atoms with Gasteiger partial charge in [0.25, 0.3) is 0 Å². The second-order valence-electron chi connectivity index (χ2n) is 6.59. The third-order valence-electron chi connectivity index (χ3n) is 3.47. The first-order valence-electron chi connectivity index (χ1n) is 6.38. The number of hydrogen-bond donors (Lipinski definition) is 0. The second-order valence-corrected chi connectivity index (χ2v) is 6.59. The molecule has 1 fully saturated rings. The maximum atomic E-state index is 11.6. The largest absolute Gasteiger partial charge is 0.300 e. The molecule has 1 rings (SSSR count). The Balaban J connectivity index is 2.42. The fraction of sp³-hybridized carbons (Fsp3) is 0.929. The van der Waals surface area contributed by atoms with Crippen molar-refractivity contribution in [3.05, 3.63) is 0 Å². The molecular formula is C14H26O. The Hall–Kier alpha value is -0.330. The first-order valence-corrected chi connectivity index (χ1v) is 6.38. The summed E-state index contributed by atoms with van der Waals surface area (Å²) in [5, 5.41) is 0. The van der Waals surface area contributed by atoms with Gasteiger partial charge in [-0.1, -0.05) is 27.7 Å². The quantitative estimate of drug-likeness (QED) is 0.624. The van der Waals surface area contributed by atoms with Gasteiger partial charge in [-0.25, -0.2) is 0 Å². The average Bonchev–Trinajstić information content (AvgIpc) is 2.24. The van der Waals surface area contributed by atoms with Gasteiger partial charge in [-0.2, -0.15) is 0 Å². The lowest BCUT2D eigenvalue weighted by atomic mass is 9.83. The van der Waals surface area contributed by atoms with Crippen molar-refractivity contribution in [2.45, 2.75) is 66.2 Å². The van der Waals surface area contributed by atoms with E-state index in [0.717, 1.165) is 25.2 Å². The molecule has 0 bridgehead atoms. The van der Waals surface area contributed by atoms with Crippen molar-refractivity contribution in [2.75, 3.05) is 0 Å². The molecule has 15 heavy (non-hydrogen) atoms. The van der Waals surface area contributed by atoms with Gasteiger partial charge in [0.2, 0.25) is 0 Å². The molecule has 0 aromatic heterocycles. The summed E-state index contributed by atoms with van der Waals surface area (Å²) >= 11 is 0. The van der Waals surface area contributed by atoms with E-state index >= 15 is 0 Å². The molecule has 0 N–H and O–H groups in total. The molecule has 0 saturated heterocycles. The highest BCUT2D eigenvalue weighted by Crippen LogP contribution is 2.32. The van der Waals surface area contributed by atoms with E-state index in [1.807, 2.05) is 0 Å². The van der Waals surface area contributed by atoms with Crippen LogP contribution in [0.5, 0.6) is 0 Å². The number of Topliss-reactive ketones (excluding diaryl/α,β-unsaturated/α-hetero) is 1. The van der Waals surface area contributed by atoms with Crippen LogP contribution in [0.1, 0.15) is 66.2 Å². The molecule has 1 aliphatic rings. The van der Waals surface area contributed by atoms with E-state index in [-0.39, 0.29) is 0 Å². The summed E-state index contributed by atoms with van der Waals surface area (Å²) in [6, 6.07) is 0. The van der Waals surface area contributed by atoms with E-state index in [4.69, 9.17) is 0 Å². The zero-order chi connectivity index (χ0) is 11.5. The summed E-state index contributed by atoms with van der Waals surface area (Å²) in [6.45, 7) is 9.15. The van der Waals surface area contributed by atoms with Crippen LogP contribution in [-0.2, 0) is 4.79 Å². The fourth-order valence-electron chi connectivity index (χ4n) is 2.46. The van der Waals surface area contributed by atoms with Crippen molar-refractivity contribution in [1.29, 1.82) is 0 Å². The van der Waals surface area contributed by atoms with E-state index in [2.05, 4.69) is 27.7 Å². The van der Waals surface area contributed by atoms with Crippen molar-refractivity contribution in [3.63, 3.8) is 0 Å². The average molecular weight is 210 g/mol. The summed E-state index contributed by atoms with van der Waals surface area (Å²) in [4.78, 5) is 11.6. The van der Waals surface area contributed by atoms with Crippen LogP contribution in [0.25, 0.3) is 0 Å². The van der Waals surface area contributed by atoms with Crippen LogP contribution in [-0.4, -0.2) is 5.78 Å². The van der Waals surface area contributed by atoms with E-state index in [1.165, 1.54) is 19.3 Å². The lowest BCUT2D eigenvalue weighted by molar-refractivity contribution is -0.119. The molecule has 2 atom stereocenters. The van der Waals surface area contributed by atoms with Crippen LogP contribution >= 0.6 is 0 Å². The summed E-state index contributed by atoms with van der Waals surface area (Å²) in [6.07, 6.45) is 6.54. The third-order valence-corrected chi connectivity index (χ3v) is 3.47. The SMILES string of the molecule is CC1CCC(=O)CC(CCC(C)(C)C)C1. The molecule has 0 heterocycles. The minimum atomic E-state index is 0.415. The molecule has 1 heteroatoms. The molecule has 0 aliphatic heterocycles. The highest BCUT2D eigenvalue weighted by Gasteiger charge is 2.23. The van der Waals surface area contributed by atoms with Gasteiger partial charge >= 0.3 is 0 Å². The zero-order valence-electron chi connectivity index (χ0n) is 10.8. The molecule has 88 valence electrons. The van der Waals surface area contributed by atoms with Gasteiger partial charge in [-0.15, -0.1) is 0 Å². The number of carbonyl (C=O) groups excluding carboxylic acids is 1. The monoisotopic (exact) mass is 210 g/mol. The topological polar surface area (TPSA) is 17.1 Å². The van der Waals surface area contributed by atoms with Gasteiger partial charge < -0.3 is 0 Å². The highest BCUT2D eigenvalue weighted by atomic mass is 16.1. The van der Waals surface area contributed by atoms with Crippen molar-refractivity contribution in [3.8, 4) is 0 Å². The van der Waals surface area contributed by atoms with Crippen LogP contribution in [0.4, 0.5) is 0 Å².